The van der Waals surface area contributed by atoms with Crippen LogP contribution in [-0.4, -0.2) is 37.7 Å². The van der Waals surface area contributed by atoms with Crippen molar-refractivity contribution in [2.75, 3.05) is 31.6 Å². The zero-order valence-electron chi connectivity index (χ0n) is 8.64. The molecule has 0 amide bonds. The second kappa shape index (κ2) is 7.65. The molecular weight excluding hydrogens is 180 g/mol. The summed E-state index contributed by atoms with van der Waals surface area (Å²) in [5.41, 5.74) is 0. The number of rotatable bonds is 5. The van der Waals surface area contributed by atoms with E-state index in [4.69, 9.17) is 0 Å². The quantitative estimate of drug-likeness (QED) is 0.660. The molecule has 1 saturated heterocycles. The van der Waals surface area contributed by atoms with Crippen LogP contribution >= 0.6 is 11.8 Å². The van der Waals surface area contributed by atoms with E-state index in [1.165, 1.54) is 38.0 Å². The lowest BCUT2D eigenvalue weighted by molar-refractivity contribution is 0.477. The van der Waals surface area contributed by atoms with Gasteiger partial charge in [0.05, 0.1) is 0 Å². The van der Waals surface area contributed by atoms with Crippen LogP contribution in [0, 0.1) is 0 Å². The third kappa shape index (κ3) is 5.55. The first-order chi connectivity index (χ1) is 6.43. The Kier molecular flexibility index (Phi) is 6.68. The summed E-state index contributed by atoms with van der Waals surface area (Å²) < 4.78 is 0. The number of hydrogen-bond donors (Lipinski definition) is 2. The molecule has 1 heterocycles. The van der Waals surface area contributed by atoms with Gasteiger partial charge in [-0.25, -0.2) is 0 Å². The summed E-state index contributed by atoms with van der Waals surface area (Å²) in [6.07, 6.45) is 7.69. The van der Waals surface area contributed by atoms with Gasteiger partial charge in [-0.05, 0) is 25.6 Å². The average Bonchev–Trinajstić information content (AvgIpc) is 2.41. The van der Waals surface area contributed by atoms with Gasteiger partial charge in [0.15, 0.2) is 0 Å². The minimum Gasteiger partial charge on any atom is -0.314 e. The predicted molar refractivity (Wildman–Crippen MR) is 61.5 cm³/mol. The van der Waals surface area contributed by atoms with Crippen LogP contribution < -0.4 is 10.6 Å². The van der Waals surface area contributed by atoms with Crippen molar-refractivity contribution in [3.05, 3.63) is 0 Å². The van der Waals surface area contributed by atoms with Crippen molar-refractivity contribution in [3.63, 3.8) is 0 Å². The first-order valence-corrected chi connectivity index (χ1v) is 6.76. The summed E-state index contributed by atoms with van der Waals surface area (Å²) in [6.45, 7) is 3.52. The molecule has 1 rings (SSSR count). The third-order valence-corrected chi connectivity index (χ3v) is 3.15. The van der Waals surface area contributed by atoms with Crippen molar-refractivity contribution in [1.82, 2.24) is 10.6 Å². The Hall–Kier alpha value is 0.270. The Balaban J connectivity index is 1.98. The van der Waals surface area contributed by atoms with E-state index in [0.717, 1.165) is 19.1 Å². The van der Waals surface area contributed by atoms with Crippen molar-refractivity contribution >= 4 is 11.8 Å². The first-order valence-electron chi connectivity index (χ1n) is 5.36. The van der Waals surface area contributed by atoms with Gasteiger partial charge in [-0.2, -0.15) is 11.8 Å². The fourth-order valence-electron chi connectivity index (χ4n) is 1.73. The molecule has 13 heavy (non-hydrogen) atoms. The summed E-state index contributed by atoms with van der Waals surface area (Å²) in [7, 11) is 0. The molecule has 0 aromatic carbocycles. The van der Waals surface area contributed by atoms with Gasteiger partial charge in [-0.15, -0.1) is 0 Å². The smallest absolute Gasteiger partial charge is 0.0192 e. The predicted octanol–water partition coefficient (Wildman–Crippen LogP) is 1.47. The number of thioether (sulfide) groups is 1. The van der Waals surface area contributed by atoms with E-state index < -0.39 is 0 Å². The molecule has 1 fully saturated rings. The summed E-state index contributed by atoms with van der Waals surface area (Å²) in [4.78, 5) is 0. The van der Waals surface area contributed by atoms with Crippen LogP contribution in [-0.2, 0) is 0 Å². The van der Waals surface area contributed by atoms with E-state index in [-0.39, 0.29) is 0 Å². The van der Waals surface area contributed by atoms with E-state index in [0.29, 0.717) is 0 Å². The van der Waals surface area contributed by atoms with Gasteiger partial charge in [0, 0.05) is 24.9 Å². The van der Waals surface area contributed by atoms with E-state index in [2.05, 4.69) is 16.9 Å². The Morgan fingerprint density at radius 1 is 1.38 bits per heavy atom. The molecule has 0 aliphatic carbocycles. The lowest BCUT2D eigenvalue weighted by Gasteiger charge is -2.16. The minimum atomic E-state index is 0.726. The molecule has 78 valence electrons. The van der Waals surface area contributed by atoms with Crippen LogP contribution in [0.1, 0.15) is 25.7 Å². The fourth-order valence-corrected chi connectivity index (χ4v) is 2.07. The Labute approximate surface area is 86.2 Å². The molecular formula is C10H22N2S. The molecule has 0 saturated carbocycles. The molecule has 0 aromatic heterocycles. The molecule has 1 atom stereocenters. The normalized spacial score (nSPS) is 24.2. The van der Waals surface area contributed by atoms with Gasteiger partial charge in [0.25, 0.3) is 0 Å². The first kappa shape index (κ1) is 11.3. The highest BCUT2D eigenvalue weighted by Crippen LogP contribution is 2.07. The van der Waals surface area contributed by atoms with Gasteiger partial charge in [-0.1, -0.05) is 12.8 Å². The molecule has 2 N–H and O–H groups in total. The average molecular weight is 202 g/mol. The molecule has 1 aliphatic rings. The third-order valence-electron chi connectivity index (χ3n) is 2.54. The SMILES string of the molecule is CSCCNCC1CCCCCN1. The highest BCUT2D eigenvalue weighted by molar-refractivity contribution is 7.98. The van der Waals surface area contributed by atoms with Gasteiger partial charge in [-0.3, -0.25) is 0 Å². The number of nitrogens with one attached hydrogen (secondary N) is 2. The van der Waals surface area contributed by atoms with Gasteiger partial charge >= 0.3 is 0 Å². The lowest BCUT2D eigenvalue weighted by atomic mass is 10.1. The van der Waals surface area contributed by atoms with Crippen LogP contribution in [0.5, 0.6) is 0 Å². The molecule has 0 radical (unpaired) electrons. The van der Waals surface area contributed by atoms with Gasteiger partial charge in [0.1, 0.15) is 0 Å². The van der Waals surface area contributed by atoms with Crippen LogP contribution in [0.15, 0.2) is 0 Å². The topological polar surface area (TPSA) is 24.1 Å². The highest BCUT2D eigenvalue weighted by Gasteiger charge is 2.09. The van der Waals surface area contributed by atoms with Crippen molar-refractivity contribution in [3.8, 4) is 0 Å². The molecule has 1 unspecified atom stereocenters. The maximum absolute atomic E-state index is 3.59. The molecule has 0 aromatic rings. The highest BCUT2D eigenvalue weighted by atomic mass is 32.2. The molecule has 3 heteroatoms. The van der Waals surface area contributed by atoms with E-state index in [1.807, 2.05) is 11.8 Å². The van der Waals surface area contributed by atoms with E-state index in [9.17, 15) is 0 Å². The zero-order chi connectivity index (χ0) is 9.36. The summed E-state index contributed by atoms with van der Waals surface area (Å²) in [5, 5.41) is 7.09. The van der Waals surface area contributed by atoms with E-state index >= 15 is 0 Å². The second-order valence-corrected chi connectivity index (χ2v) is 4.68. The molecule has 0 spiro atoms. The van der Waals surface area contributed by atoms with Crippen LogP contribution in [0.25, 0.3) is 0 Å². The van der Waals surface area contributed by atoms with Crippen LogP contribution in [0.3, 0.4) is 0 Å². The molecule has 0 bridgehead atoms. The Bertz CT molecular complexity index is 111. The van der Waals surface area contributed by atoms with Crippen LogP contribution in [0.2, 0.25) is 0 Å². The van der Waals surface area contributed by atoms with Gasteiger partial charge < -0.3 is 10.6 Å². The van der Waals surface area contributed by atoms with E-state index in [1.54, 1.807) is 0 Å². The standard InChI is InChI=1S/C10H22N2S/c1-13-8-7-11-9-10-5-3-2-4-6-12-10/h10-12H,2-9H2,1H3. The largest absolute Gasteiger partial charge is 0.314 e. The maximum atomic E-state index is 3.59. The number of hydrogen-bond acceptors (Lipinski definition) is 3. The summed E-state index contributed by atoms with van der Waals surface area (Å²) >= 11 is 1.91. The summed E-state index contributed by atoms with van der Waals surface area (Å²) in [6, 6.07) is 0.726. The minimum absolute atomic E-state index is 0.726. The molecule has 2 nitrogen and oxygen atoms in total. The lowest BCUT2D eigenvalue weighted by Crippen LogP contribution is -2.38. The molecule has 1 aliphatic heterocycles. The maximum Gasteiger partial charge on any atom is 0.0192 e. The monoisotopic (exact) mass is 202 g/mol. The summed E-state index contributed by atoms with van der Waals surface area (Å²) in [5.74, 6) is 1.23. The van der Waals surface area contributed by atoms with Crippen LogP contribution in [0.4, 0.5) is 0 Å². The zero-order valence-corrected chi connectivity index (χ0v) is 9.46. The van der Waals surface area contributed by atoms with Crippen molar-refractivity contribution in [1.29, 1.82) is 0 Å². The van der Waals surface area contributed by atoms with Gasteiger partial charge in [0.2, 0.25) is 0 Å². The fraction of sp³-hybridized carbons (Fsp3) is 1.00. The van der Waals surface area contributed by atoms with Crippen molar-refractivity contribution < 1.29 is 0 Å². The Morgan fingerprint density at radius 3 is 3.15 bits per heavy atom. The second-order valence-electron chi connectivity index (χ2n) is 3.70. The Morgan fingerprint density at radius 2 is 2.31 bits per heavy atom. The van der Waals surface area contributed by atoms with Crippen molar-refractivity contribution in [2.45, 2.75) is 31.7 Å². The van der Waals surface area contributed by atoms with Crippen molar-refractivity contribution in [2.24, 2.45) is 0 Å².